The molecule has 3 aromatic rings. The van der Waals surface area contributed by atoms with Crippen LogP contribution in [0.1, 0.15) is 12.2 Å². The molecule has 1 fully saturated rings. The van der Waals surface area contributed by atoms with E-state index >= 15 is 0 Å². The monoisotopic (exact) mass is 475 g/mol. The van der Waals surface area contributed by atoms with Crippen LogP contribution in [0.25, 0.3) is 11.0 Å². The van der Waals surface area contributed by atoms with Gasteiger partial charge >= 0.3 is 6.36 Å². The van der Waals surface area contributed by atoms with Crippen molar-refractivity contribution in [2.75, 3.05) is 38.0 Å². The lowest BCUT2D eigenvalue weighted by Gasteiger charge is -2.34. The van der Waals surface area contributed by atoms with Crippen molar-refractivity contribution in [2.24, 2.45) is 0 Å². The average Bonchev–Trinajstić information content (AvgIpc) is 3.21. The minimum Gasteiger partial charge on any atom is -0.406 e. The second kappa shape index (κ2) is 10.1. The fraction of sp³-hybridized carbons (Fsp3) is 0.348. The molecule has 1 saturated heterocycles. The number of nitrogens with zero attached hydrogens (tertiary/aromatic N) is 3. The minimum absolute atomic E-state index is 0.0470. The Bertz CT molecular complexity index is 1110. The summed E-state index contributed by atoms with van der Waals surface area (Å²) in [4.78, 5) is 36.3. The van der Waals surface area contributed by atoms with E-state index in [1.807, 2.05) is 29.2 Å². The molecule has 0 aliphatic carbocycles. The van der Waals surface area contributed by atoms with Crippen LogP contribution in [0.15, 0.2) is 48.5 Å². The number of amides is 2. The van der Waals surface area contributed by atoms with Crippen LogP contribution in [0.4, 0.5) is 18.9 Å². The van der Waals surface area contributed by atoms with E-state index in [2.05, 4.69) is 20.0 Å². The summed E-state index contributed by atoms with van der Waals surface area (Å²) in [5, 5.41) is 2.65. The van der Waals surface area contributed by atoms with Crippen molar-refractivity contribution >= 4 is 28.5 Å². The molecule has 0 saturated carbocycles. The lowest BCUT2D eigenvalue weighted by atomic mass is 10.2. The predicted octanol–water partition coefficient (Wildman–Crippen LogP) is 3.18. The Morgan fingerprint density at radius 1 is 1.03 bits per heavy atom. The van der Waals surface area contributed by atoms with Gasteiger partial charge in [0, 0.05) is 44.7 Å². The summed E-state index contributed by atoms with van der Waals surface area (Å²) in [6.45, 7) is 2.29. The number of imidazole rings is 1. The van der Waals surface area contributed by atoms with E-state index in [0.717, 1.165) is 29.0 Å². The van der Waals surface area contributed by atoms with E-state index in [1.165, 1.54) is 12.1 Å². The summed E-state index contributed by atoms with van der Waals surface area (Å²) in [6, 6.07) is 12.7. The van der Waals surface area contributed by atoms with Crippen molar-refractivity contribution in [3.8, 4) is 5.75 Å². The first-order chi connectivity index (χ1) is 16.2. The molecule has 34 heavy (non-hydrogen) atoms. The Hall–Kier alpha value is -3.60. The first kappa shape index (κ1) is 23.6. The van der Waals surface area contributed by atoms with E-state index in [-0.39, 0.29) is 24.1 Å². The molecule has 2 amide bonds. The zero-order valence-corrected chi connectivity index (χ0v) is 18.3. The van der Waals surface area contributed by atoms with Crippen molar-refractivity contribution < 1.29 is 27.5 Å². The highest BCUT2D eigenvalue weighted by molar-refractivity contribution is 5.92. The van der Waals surface area contributed by atoms with Gasteiger partial charge in [0.15, 0.2) is 0 Å². The summed E-state index contributed by atoms with van der Waals surface area (Å²) in [5.74, 6) is 0.189. The third-order valence-corrected chi connectivity index (χ3v) is 5.48. The predicted molar refractivity (Wildman–Crippen MR) is 119 cm³/mol. The molecule has 0 bridgehead atoms. The number of aromatic amines is 1. The number of halogens is 3. The minimum atomic E-state index is -4.76. The van der Waals surface area contributed by atoms with E-state index in [0.29, 0.717) is 44.7 Å². The van der Waals surface area contributed by atoms with Gasteiger partial charge in [-0.15, -0.1) is 13.2 Å². The van der Waals surface area contributed by atoms with Crippen molar-refractivity contribution in [1.29, 1.82) is 0 Å². The first-order valence-corrected chi connectivity index (χ1v) is 10.8. The smallest absolute Gasteiger partial charge is 0.406 e. The van der Waals surface area contributed by atoms with Gasteiger partial charge in [-0.2, -0.15) is 0 Å². The number of para-hydroxylation sites is 2. The van der Waals surface area contributed by atoms with Gasteiger partial charge in [0.05, 0.1) is 17.6 Å². The number of piperazine rings is 1. The van der Waals surface area contributed by atoms with Crippen LogP contribution in [0.3, 0.4) is 0 Å². The highest BCUT2D eigenvalue weighted by atomic mass is 19.4. The Morgan fingerprint density at radius 2 is 1.74 bits per heavy atom. The van der Waals surface area contributed by atoms with E-state index < -0.39 is 6.36 Å². The molecule has 11 heteroatoms. The number of fused-ring (bicyclic) bond motifs is 1. The summed E-state index contributed by atoms with van der Waals surface area (Å²) < 4.78 is 40.5. The lowest BCUT2D eigenvalue weighted by Crippen LogP contribution is -2.50. The SMILES string of the molecule is O=C(CN1CCN(C(=O)CCc2nc3ccccc3[nH]2)CC1)Nc1ccc(OC(F)(F)F)cc1. The van der Waals surface area contributed by atoms with Crippen LogP contribution in [0.5, 0.6) is 5.75 Å². The molecule has 0 atom stereocenters. The second-order valence-corrected chi connectivity index (χ2v) is 7.98. The Morgan fingerprint density at radius 3 is 2.41 bits per heavy atom. The number of anilines is 1. The van der Waals surface area contributed by atoms with Gasteiger partial charge in [0.25, 0.3) is 0 Å². The maximum atomic E-state index is 12.6. The number of aromatic nitrogens is 2. The van der Waals surface area contributed by atoms with Gasteiger partial charge in [0.1, 0.15) is 11.6 Å². The number of hydrogen-bond acceptors (Lipinski definition) is 5. The Labute approximate surface area is 193 Å². The number of rotatable bonds is 7. The molecule has 8 nitrogen and oxygen atoms in total. The zero-order valence-electron chi connectivity index (χ0n) is 18.3. The standard InChI is InChI=1S/C23H24F3N5O3/c24-23(25,26)34-17-7-5-16(6-8-17)27-21(32)15-30-11-13-31(14-12-30)22(33)10-9-20-28-18-3-1-2-4-19(18)29-20/h1-8H,9-15H2,(H,27,32)(H,28,29). The van der Waals surface area contributed by atoms with Gasteiger partial charge in [0.2, 0.25) is 11.8 Å². The normalized spacial score (nSPS) is 14.9. The fourth-order valence-electron chi connectivity index (χ4n) is 3.81. The number of H-pyrrole nitrogens is 1. The maximum absolute atomic E-state index is 12.6. The topological polar surface area (TPSA) is 90.6 Å². The molecule has 0 radical (unpaired) electrons. The van der Waals surface area contributed by atoms with Crippen LogP contribution in [0.2, 0.25) is 0 Å². The van der Waals surface area contributed by atoms with Crippen LogP contribution < -0.4 is 10.1 Å². The molecular formula is C23H24F3N5O3. The first-order valence-electron chi connectivity index (χ1n) is 10.8. The Kier molecular flexibility index (Phi) is 7.01. The summed E-state index contributed by atoms with van der Waals surface area (Å²) in [7, 11) is 0. The number of aryl methyl sites for hydroxylation is 1. The third-order valence-electron chi connectivity index (χ3n) is 5.48. The number of alkyl halides is 3. The highest BCUT2D eigenvalue weighted by Gasteiger charge is 2.31. The molecule has 2 aromatic carbocycles. The molecule has 2 heterocycles. The van der Waals surface area contributed by atoms with E-state index in [1.54, 1.807) is 4.90 Å². The molecule has 180 valence electrons. The molecule has 1 aromatic heterocycles. The molecule has 1 aliphatic heterocycles. The molecule has 1 aliphatic rings. The molecule has 2 N–H and O–H groups in total. The number of carbonyl (C=O) groups is 2. The van der Waals surface area contributed by atoms with Gasteiger partial charge in [-0.1, -0.05) is 12.1 Å². The fourth-order valence-corrected chi connectivity index (χ4v) is 3.81. The quantitative estimate of drug-likeness (QED) is 0.548. The lowest BCUT2D eigenvalue weighted by molar-refractivity contribution is -0.274. The van der Waals surface area contributed by atoms with E-state index in [4.69, 9.17) is 0 Å². The van der Waals surface area contributed by atoms with Crippen molar-refractivity contribution in [3.05, 3.63) is 54.4 Å². The van der Waals surface area contributed by atoms with Gasteiger partial charge in [-0.3, -0.25) is 14.5 Å². The average molecular weight is 475 g/mol. The maximum Gasteiger partial charge on any atom is 0.573 e. The number of hydrogen-bond donors (Lipinski definition) is 2. The van der Waals surface area contributed by atoms with Crippen LogP contribution in [-0.4, -0.2) is 70.7 Å². The number of benzene rings is 2. The molecule has 4 rings (SSSR count). The Balaban J connectivity index is 1.18. The zero-order chi connectivity index (χ0) is 24.1. The molecular weight excluding hydrogens is 451 g/mol. The number of nitrogens with one attached hydrogen (secondary N) is 2. The summed E-state index contributed by atoms with van der Waals surface area (Å²) in [6.07, 6.45) is -3.88. The summed E-state index contributed by atoms with van der Waals surface area (Å²) in [5.41, 5.74) is 2.20. The van der Waals surface area contributed by atoms with E-state index in [9.17, 15) is 22.8 Å². The van der Waals surface area contributed by atoms with Crippen LogP contribution in [0, 0.1) is 0 Å². The second-order valence-electron chi connectivity index (χ2n) is 7.98. The van der Waals surface area contributed by atoms with Gasteiger partial charge < -0.3 is 19.9 Å². The van der Waals surface area contributed by atoms with Crippen molar-refractivity contribution in [1.82, 2.24) is 19.8 Å². The number of ether oxygens (including phenoxy) is 1. The van der Waals surface area contributed by atoms with Crippen molar-refractivity contribution in [3.63, 3.8) is 0 Å². The number of carbonyl (C=O) groups excluding carboxylic acids is 2. The molecule has 0 spiro atoms. The molecule has 0 unspecified atom stereocenters. The third kappa shape index (κ3) is 6.47. The van der Waals surface area contributed by atoms with Gasteiger partial charge in [-0.25, -0.2) is 4.98 Å². The van der Waals surface area contributed by atoms with Gasteiger partial charge in [-0.05, 0) is 36.4 Å². The van der Waals surface area contributed by atoms with Crippen molar-refractivity contribution in [2.45, 2.75) is 19.2 Å². The highest BCUT2D eigenvalue weighted by Crippen LogP contribution is 2.24. The largest absolute Gasteiger partial charge is 0.573 e. The van der Waals surface area contributed by atoms with Crippen LogP contribution >= 0.6 is 0 Å². The summed E-state index contributed by atoms with van der Waals surface area (Å²) >= 11 is 0. The van der Waals surface area contributed by atoms with Crippen LogP contribution in [-0.2, 0) is 16.0 Å².